The number of nitrogens with one attached hydrogen (secondary N) is 2. The molecule has 2 aliphatic rings. The molecule has 2 amide bonds. The quantitative estimate of drug-likeness (QED) is 0.635. The molecule has 0 aliphatic heterocycles. The predicted octanol–water partition coefficient (Wildman–Crippen LogP) is 1.83. The van der Waals surface area contributed by atoms with Crippen molar-refractivity contribution >= 4 is 17.8 Å². The van der Waals surface area contributed by atoms with Crippen LogP contribution in [-0.2, 0) is 14.4 Å². The molecule has 0 aromatic rings. The largest absolute Gasteiger partial charge is 0.480 e. The third-order valence-corrected chi connectivity index (χ3v) is 4.85. The Morgan fingerprint density at radius 2 is 1.65 bits per heavy atom. The van der Waals surface area contributed by atoms with Crippen LogP contribution in [0.5, 0.6) is 0 Å². The van der Waals surface area contributed by atoms with Gasteiger partial charge < -0.3 is 15.7 Å². The van der Waals surface area contributed by atoms with Gasteiger partial charge in [0.05, 0.1) is 0 Å². The topological polar surface area (TPSA) is 95.5 Å². The SMILES string of the molecule is CC(NC(=O)CC1CCCCC1)C(=O)NC(CC1CC1)C(=O)O. The highest BCUT2D eigenvalue weighted by Crippen LogP contribution is 2.33. The van der Waals surface area contributed by atoms with Crippen LogP contribution in [0.4, 0.5) is 0 Å². The lowest BCUT2D eigenvalue weighted by molar-refractivity contribution is -0.142. The summed E-state index contributed by atoms with van der Waals surface area (Å²) in [7, 11) is 0. The first-order valence-corrected chi connectivity index (χ1v) is 8.78. The summed E-state index contributed by atoms with van der Waals surface area (Å²) in [5.41, 5.74) is 0. The van der Waals surface area contributed by atoms with E-state index < -0.39 is 24.0 Å². The van der Waals surface area contributed by atoms with Gasteiger partial charge in [0.1, 0.15) is 12.1 Å². The molecule has 2 fully saturated rings. The maximum absolute atomic E-state index is 12.1. The summed E-state index contributed by atoms with van der Waals surface area (Å²) in [6.07, 6.45) is 8.76. The molecule has 0 bridgehead atoms. The lowest BCUT2D eigenvalue weighted by atomic mass is 9.87. The average Bonchev–Trinajstić information content (AvgIpc) is 3.31. The monoisotopic (exact) mass is 324 g/mol. The van der Waals surface area contributed by atoms with Crippen LogP contribution in [0.2, 0.25) is 0 Å². The Bertz CT molecular complexity index is 442. The molecular formula is C17H28N2O4. The summed E-state index contributed by atoms with van der Waals surface area (Å²) >= 11 is 0. The zero-order valence-corrected chi connectivity index (χ0v) is 13.8. The van der Waals surface area contributed by atoms with Gasteiger partial charge in [-0.25, -0.2) is 4.79 Å². The van der Waals surface area contributed by atoms with E-state index in [9.17, 15) is 19.5 Å². The highest BCUT2D eigenvalue weighted by Gasteiger charge is 2.31. The molecule has 0 spiro atoms. The summed E-state index contributed by atoms with van der Waals surface area (Å²) in [6, 6.07) is -1.56. The van der Waals surface area contributed by atoms with E-state index in [0.29, 0.717) is 24.7 Å². The van der Waals surface area contributed by atoms with E-state index in [0.717, 1.165) is 25.7 Å². The Morgan fingerprint density at radius 1 is 1.00 bits per heavy atom. The molecule has 2 saturated carbocycles. The van der Waals surface area contributed by atoms with Crippen molar-refractivity contribution in [1.82, 2.24) is 10.6 Å². The summed E-state index contributed by atoms with van der Waals surface area (Å²) < 4.78 is 0. The Kier molecular flexibility index (Phi) is 6.42. The van der Waals surface area contributed by atoms with Gasteiger partial charge in [-0.2, -0.15) is 0 Å². The average molecular weight is 324 g/mol. The molecule has 23 heavy (non-hydrogen) atoms. The van der Waals surface area contributed by atoms with E-state index in [-0.39, 0.29) is 5.91 Å². The standard InChI is InChI=1S/C17H28N2O4/c1-11(18-15(20)10-12-5-3-2-4-6-12)16(21)19-14(17(22)23)9-13-7-8-13/h11-14H,2-10H2,1H3,(H,18,20)(H,19,21)(H,22,23). The number of carbonyl (C=O) groups is 3. The van der Waals surface area contributed by atoms with Crippen molar-refractivity contribution in [3.05, 3.63) is 0 Å². The van der Waals surface area contributed by atoms with E-state index in [1.807, 2.05) is 0 Å². The fraction of sp³-hybridized carbons (Fsp3) is 0.824. The normalized spacial score (nSPS) is 21.3. The number of carboxylic acid groups (broad SMARTS) is 1. The first kappa shape index (κ1) is 17.8. The first-order valence-electron chi connectivity index (χ1n) is 8.78. The van der Waals surface area contributed by atoms with E-state index in [2.05, 4.69) is 10.6 Å². The van der Waals surface area contributed by atoms with Gasteiger partial charge >= 0.3 is 5.97 Å². The van der Waals surface area contributed by atoms with Gasteiger partial charge in [0, 0.05) is 6.42 Å². The molecule has 2 unspecified atom stereocenters. The Morgan fingerprint density at radius 3 is 2.22 bits per heavy atom. The fourth-order valence-electron chi connectivity index (χ4n) is 3.22. The molecule has 0 radical (unpaired) electrons. The summed E-state index contributed by atoms with van der Waals surface area (Å²) in [6.45, 7) is 1.60. The molecule has 2 rings (SSSR count). The molecule has 2 aliphatic carbocycles. The molecule has 3 N–H and O–H groups in total. The fourth-order valence-corrected chi connectivity index (χ4v) is 3.22. The third kappa shape index (κ3) is 6.20. The van der Waals surface area contributed by atoms with Gasteiger partial charge in [0.25, 0.3) is 0 Å². The van der Waals surface area contributed by atoms with Gasteiger partial charge in [-0.1, -0.05) is 32.1 Å². The number of aliphatic carboxylic acids is 1. The van der Waals surface area contributed by atoms with Crippen LogP contribution in [0.25, 0.3) is 0 Å². The van der Waals surface area contributed by atoms with Crippen LogP contribution in [0.15, 0.2) is 0 Å². The van der Waals surface area contributed by atoms with Crippen molar-refractivity contribution < 1.29 is 19.5 Å². The summed E-state index contributed by atoms with van der Waals surface area (Å²) in [4.78, 5) is 35.3. The smallest absolute Gasteiger partial charge is 0.326 e. The number of rotatable bonds is 8. The zero-order chi connectivity index (χ0) is 16.8. The third-order valence-electron chi connectivity index (χ3n) is 4.85. The van der Waals surface area contributed by atoms with Gasteiger partial charge in [0.2, 0.25) is 11.8 Å². The Balaban J connectivity index is 1.73. The molecule has 0 heterocycles. The molecule has 0 aromatic carbocycles. The van der Waals surface area contributed by atoms with Crippen LogP contribution < -0.4 is 10.6 Å². The second kappa shape index (κ2) is 8.31. The van der Waals surface area contributed by atoms with Crippen molar-refractivity contribution in [1.29, 1.82) is 0 Å². The second-order valence-electron chi connectivity index (χ2n) is 7.08. The highest BCUT2D eigenvalue weighted by atomic mass is 16.4. The van der Waals surface area contributed by atoms with E-state index in [4.69, 9.17) is 0 Å². The molecule has 6 nitrogen and oxygen atoms in total. The number of hydrogen-bond donors (Lipinski definition) is 3. The molecule has 6 heteroatoms. The Hall–Kier alpha value is -1.59. The zero-order valence-electron chi connectivity index (χ0n) is 13.8. The first-order chi connectivity index (χ1) is 11.0. The van der Waals surface area contributed by atoms with E-state index >= 15 is 0 Å². The highest BCUT2D eigenvalue weighted by molar-refractivity contribution is 5.90. The molecule has 0 saturated heterocycles. The van der Waals surface area contributed by atoms with Crippen LogP contribution >= 0.6 is 0 Å². The number of carboxylic acids is 1. The van der Waals surface area contributed by atoms with Gasteiger partial charge in [0.15, 0.2) is 0 Å². The van der Waals surface area contributed by atoms with Gasteiger partial charge in [-0.15, -0.1) is 0 Å². The van der Waals surface area contributed by atoms with Crippen molar-refractivity contribution in [3.8, 4) is 0 Å². The maximum Gasteiger partial charge on any atom is 0.326 e. The van der Waals surface area contributed by atoms with Gasteiger partial charge in [-0.05, 0) is 38.0 Å². The molecule has 130 valence electrons. The number of hydrogen-bond acceptors (Lipinski definition) is 3. The Labute approximate surface area is 137 Å². The van der Waals surface area contributed by atoms with Crippen LogP contribution in [0.3, 0.4) is 0 Å². The predicted molar refractivity (Wildman–Crippen MR) is 85.7 cm³/mol. The minimum absolute atomic E-state index is 0.117. The molecule has 2 atom stereocenters. The minimum Gasteiger partial charge on any atom is -0.480 e. The summed E-state index contributed by atoms with van der Waals surface area (Å²) in [5, 5.41) is 14.4. The molecular weight excluding hydrogens is 296 g/mol. The van der Waals surface area contributed by atoms with Gasteiger partial charge in [-0.3, -0.25) is 9.59 Å². The van der Waals surface area contributed by atoms with Crippen LogP contribution in [0.1, 0.15) is 64.7 Å². The minimum atomic E-state index is -1.01. The van der Waals surface area contributed by atoms with Crippen molar-refractivity contribution in [2.24, 2.45) is 11.8 Å². The maximum atomic E-state index is 12.1. The van der Waals surface area contributed by atoms with Crippen molar-refractivity contribution in [3.63, 3.8) is 0 Å². The van der Waals surface area contributed by atoms with E-state index in [1.165, 1.54) is 19.3 Å². The number of amides is 2. The molecule has 0 aromatic heterocycles. The van der Waals surface area contributed by atoms with Crippen LogP contribution in [0, 0.1) is 11.8 Å². The van der Waals surface area contributed by atoms with Crippen molar-refractivity contribution in [2.45, 2.75) is 76.8 Å². The lowest BCUT2D eigenvalue weighted by Gasteiger charge is -2.22. The van der Waals surface area contributed by atoms with Crippen LogP contribution in [-0.4, -0.2) is 35.0 Å². The van der Waals surface area contributed by atoms with E-state index in [1.54, 1.807) is 6.92 Å². The summed E-state index contributed by atoms with van der Waals surface area (Å²) in [5.74, 6) is -0.720. The lowest BCUT2D eigenvalue weighted by Crippen LogP contribution is -2.50. The van der Waals surface area contributed by atoms with Crippen molar-refractivity contribution in [2.75, 3.05) is 0 Å². The number of carbonyl (C=O) groups excluding carboxylic acids is 2. The second-order valence-corrected chi connectivity index (χ2v) is 7.08.